The van der Waals surface area contributed by atoms with E-state index >= 15 is 0 Å². The minimum Gasteiger partial charge on any atom is -0.441 e. The van der Waals surface area contributed by atoms with Gasteiger partial charge in [0.05, 0.1) is 12.5 Å². The zero-order chi connectivity index (χ0) is 12.5. The fourth-order valence-electron chi connectivity index (χ4n) is 1.99. The monoisotopic (exact) mass is 259 g/mol. The van der Waals surface area contributed by atoms with Gasteiger partial charge in [-0.3, -0.25) is 0 Å². The molecule has 3 nitrogen and oxygen atoms in total. The van der Waals surface area contributed by atoms with E-state index in [1.165, 1.54) is 0 Å². The largest absolute Gasteiger partial charge is 0.441 e. The van der Waals surface area contributed by atoms with Crippen molar-refractivity contribution in [2.75, 3.05) is 0 Å². The topological polar surface area (TPSA) is 46.3 Å². The first kappa shape index (κ1) is 11.4. The number of thiophene rings is 1. The molecule has 0 spiro atoms. The molecule has 1 aromatic carbocycles. The molecule has 1 atom stereocenters. The van der Waals surface area contributed by atoms with Crippen molar-refractivity contribution in [3.8, 4) is 0 Å². The number of aliphatic hydroxyl groups is 1. The Kier molecular flexibility index (Phi) is 2.89. The summed E-state index contributed by atoms with van der Waals surface area (Å²) in [4.78, 5) is 5.35. The molecular formula is C14H13NO2S. The van der Waals surface area contributed by atoms with Crippen molar-refractivity contribution >= 4 is 22.4 Å². The average molecular weight is 259 g/mol. The van der Waals surface area contributed by atoms with Crippen LogP contribution in [0.5, 0.6) is 0 Å². The van der Waals surface area contributed by atoms with E-state index in [0.717, 1.165) is 21.5 Å². The van der Waals surface area contributed by atoms with Crippen LogP contribution in [-0.4, -0.2) is 10.1 Å². The van der Waals surface area contributed by atoms with E-state index in [1.807, 2.05) is 42.6 Å². The number of para-hydroxylation sites is 2. The molecule has 2 aromatic heterocycles. The maximum absolute atomic E-state index is 10.2. The second kappa shape index (κ2) is 4.55. The number of aryl methyl sites for hydroxylation is 1. The van der Waals surface area contributed by atoms with Crippen molar-refractivity contribution in [1.29, 1.82) is 0 Å². The van der Waals surface area contributed by atoms with Gasteiger partial charge in [-0.2, -0.15) is 0 Å². The molecule has 1 N–H and O–H groups in total. The second-order valence-electron chi connectivity index (χ2n) is 4.26. The molecule has 0 fully saturated rings. The van der Waals surface area contributed by atoms with Gasteiger partial charge in [-0.15, -0.1) is 11.3 Å². The van der Waals surface area contributed by atoms with Crippen LogP contribution in [-0.2, 0) is 6.42 Å². The normalized spacial score (nSPS) is 13.0. The third-order valence-electron chi connectivity index (χ3n) is 2.91. The Hall–Kier alpha value is -1.65. The fourth-order valence-corrected chi connectivity index (χ4v) is 2.90. The summed E-state index contributed by atoms with van der Waals surface area (Å²) in [6.07, 6.45) is -0.131. The predicted octanol–water partition coefficient (Wildman–Crippen LogP) is 3.47. The average Bonchev–Trinajstić information content (AvgIpc) is 2.94. The highest BCUT2D eigenvalue weighted by molar-refractivity contribution is 7.10. The summed E-state index contributed by atoms with van der Waals surface area (Å²) in [6.45, 7) is 2.00. The van der Waals surface area contributed by atoms with E-state index in [2.05, 4.69) is 4.98 Å². The Bertz CT molecular complexity index is 638. The summed E-state index contributed by atoms with van der Waals surface area (Å²) in [5.41, 5.74) is 2.72. The molecule has 0 amide bonds. The maximum Gasteiger partial charge on any atom is 0.198 e. The Morgan fingerprint density at radius 3 is 2.89 bits per heavy atom. The van der Waals surface area contributed by atoms with Crippen LogP contribution in [0, 0.1) is 6.92 Å². The summed E-state index contributed by atoms with van der Waals surface area (Å²) < 4.78 is 5.61. The molecule has 0 aliphatic carbocycles. The molecule has 92 valence electrons. The predicted molar refractivity (Wildman–Crippen MR) is 71.7 cm³/mol. The number of nitrogens with zero attached hydrogens (tertiary/aromatic N) is 1. The number of benzene rings is 1. The number of aromatic nitrogens is 1. The number of rotatable bonds is 3. The number of hydrogen-bond acceptors (Lipinski definition) is 4. The van der Waals surface area contributed by atoms with E-state index in [-0.39, 0.29) is 0 Å². The molecular weight excluding hydrogens is 246 g/mol. The molecule has 1 unspecified atom stereocenters. The lowest BCUT2D eigenvalue weighted by molar-refractivity contribution is 0.172. The molecule has 3 aromatic rings. The summed E-state index contributed by atoms with van der Waals surface area (Å²) in [5, 5.41) is 12.2. The molecule has 0 bridgehead atoms. The van der Waals surface area contributed by atoms with Crippen molar-refractivity contribution in [3.05, 3.63) is 52.0 Å². The van der Waals surface area contributed by atoms with Crippen LogP contribution in [0.25, 0.3) is 11.1 Å². The Morgan fingerprint density at radius 2 is 2.17 bits per heavy atom. The molecule has 0 saturated heterocycles. The van der Waals surface area contributed by atoms with Gasteiger partial charge >= 0.3 is 0 Å². The summed E-state index contributed by atoms with van der Waals surface area (Å²) in [7, 11) is 0. The lowest BCUT2D eigenvalue weighted by Crippen LogP contribution is -2.01. The molecule has 2 heterocycles. The molecule has 4 heteroatoms. The number of fused-ring (bicyclic) bond motifs is 1. The minimum atomic E-state index is -0.543. The quantitative estimate of drug-likeness (QED) is 0.783. The van der Waals surface area contributed by atoms with Gasteiger partial charge in [0.2, 0.25) is 0 Å². The Labute approximate surface area is 109 Å². The first-order chi connectivity index (χ1) is 8.74. The first-order valence-corrected chi connectivity index (χ1v) is 6.68. The van der Waals surface area contributed by atoms with Crippen LogP contribution < -0.4 is 0 Å². The van der Waals surface area contributed by atoms with Gasteiger partial charge in [0.15, 0.2) is 11.5 Å². The van der Waals surface area contributed by atoms with Crippen LogP contribution in [0.2, 0.25) is 0 Å². The van der Waals surface area contributed by atoms with Gasteiger partial charge in [0.1, 0.15) is 5.52 Å². The number of oxazole rings is 1. The van der Waals surface area contributed by atoms with Crippen LogP contribution in [0.1, 0.15) is 22.4 Å². The molecule has 0 aliphatic rings. The van der Waals surface area contributed by atoms with Crippen LogP contribution >= 0.6 is 11.3 Å². The van der Waals surface area contributed by atoms with E-state index in [4.69, 9.17) is 4.42 Å². The standard InChI is InChI=1S/C14H13NO2S/c1-9-6-7-18-14(9)11(16)8-13-15-10-4-2-3-5-12(10)17-13/h2-7,11,16H,8H2,1H3. The number of hydrogen-bond donors (Lipinski definition) is 1. The summed E-state index contributed by atoms with van der Waals surface area (Å²) in [6, 6.07) is 9.64. The zero-order valence-electron chi connectivity index (χ0n) is 9.96. The summed E-state index contributed by atoms with van der Waals surface area (Å²) in [5.74, 6) is 0.580. The van der Waals surface area contributed by atoms with E-state index in [9.17, 15) is 5.11 Å². The van der Waals surface area contributed by atoms with Gasteiger partial charge in [0.25, 0.3) is 0 Å². The fraction of sp³-hybridized carbons (Fsp3) is 0.214. The highest BCUT2D eigenvalue weighted by atomic mass is 32.1. The van der Waals surface area contributed by atoms with Crippen molar-refractivity contribution in [3.63, 3.8) is 0 Å². The molecule has 0 saturated carbocycles. The zero-order valence-corrected chi connectivity index (χ0v) is 10.8. The van der Waals surface area contributed by atoms with E-state index < -0.39 is 6.10 Å². The van der Waals surface area contributed by atoms with E-state index in [1.54, 1.807) is 11.3 Å². The van der Waals surface area contributed by atoms with Crippen molar-refractivity contribution in [2.45, 2.75) is 19.4 Å². The Morgan fingerprint density at radius 1 is 1.33 bits per heavy atom. The van der Waals surface area contributed by atoms with Crippen molar-refractivity contribution < 1.29 is 9.52 Å². The third-order valence-corrected chi connectivity index (χ3v) is 4.03. The van der Waals surface area contributed by atoms with Gasteiger partial charge in [-0.1, -0.05) is 12.1 Å². The van der Waals surface area contributed by atoms with E-state index in [0.29, 0.717) is 12.3 Å². The molecule has 3 rings (SSSR count). The molecule has 18 heavy (non-hydrogen) atoms. The first-order valence-electron chi connectivity index (χ1n) is 5.80. The van der Waals surface area contributed by atoms with Gasteiger partial charge in [-0.05, 0) is 36.1 Å². The van der Waals surface area contributed by atoms with Crippen molar-refractivity contribution in [1.82, 2.24) is 4.98 Å². The van der Waals surface area contributed by atoms with Gasteiger partial charge in [-0.25, -0.2) is 4.98 Å². The van der Waals surface area contributed by atoms with Crippen molar-refractivity contribution in [2.24, 2.45) is 0 Å². The highest BCUT2D eigenvalue weighted by Crippen LogP contribution is 2.27. The van der Waals surface area contributed by atoms with Crippen LogP contribution in [0.15, 0.2) is 40.1 Å². The Balaban J connectivity index is 1.86. The lowest BCUT2D eigenvalue weighted by atomic mass is 10.1. The van der Waals surface area contributed by atoms with Crippen LogP contribution in [0.3, 0.4) is 0 Å². The minimum absolute atomic E-state index is 0.413. The van der Waals surface area contributed by atoms with Gasteiger partial charge < -0.3 is 9.52 Å². The van der Waals surface area contributed by atoms with Gasteiger partial charge in [0, 0.05) is 4.88 Å². The smallest absolute Gasteiger partial charge is 0.198 e. The summed E-state index contributed by atoms with van der Waals surface area (Å²) >= 11 is 1.56. The lowest BCUT2D eigenvalue weighted by Gasteiger charge is -2.06. The third kappa shape index (κ3) is 2.05. The SMILES string of the molecule is Cc1ccsc1C(O)Cc1nc2ccccc2o1. The second-order valence-corrected chi connectivity index (χ2v) is 5.21. The number of aliphatic hydroxyl groups excluding tert-OH is 1. The molecule has 0 radical (unpaired) electrons. The highest BCUT2D eigenvalue weighted by Gasteiger charge is 2.16. The maximum atomic E-state index is 10.2. The molecule has 0 aliphatic heterocycles. The van der Waals surface area contributed by atoms with Crippen LogP contribution in [0.4, 0.5) is 0 Å².